The van der Waals surface area contributed by atoms with Crippen LogP contribution in [0.5, 0.6) is 0 Å². The number of esters is 1. The summed E-state index contributed by atoms with van der Waals surface area (Å²) in [4.78, 5) is 12.6. The molecule has 0 amide bonds. The van der Waals surface area contributed by atoms with Crippen molar-refractivity contribution in [3.8, 4) is 0 Å². The molecular weight excluding hydrogens is 228 g/mol. The molecule has 0 radical (unpaired) electrons. The number of carbonyl (C=O) groups excluding carboxylic acids is 1. The van der Waals surface area contributed by atoms with Crippen molar-refractivity contribution in [2.24, 2.45) is 11.8 Å². The molecule has 2 aliphatic carbocycles. The second-order valence-electron chi connectivity index (χ2n) is 6.99. The maximum Gasteiger partial charge on any atom is 0.379 e. The molecule has 0 saturated heterocycles. The first kappa shape index (κ1) is 12.0. The number of ether oxygens (including phenoxy) is 1. The monoisotopic (exact) mass is 250 g/mol. The van der Waals surface area contributed by atoms with E-state index in [1.54, 1.807) is 0 Å². The van der Waals surface area contributed by atoms with E-state index in [1.807, 2.05) is 20.8 Å². The average Bonchev–Trinajstić information content (AvgIpc) is 2.77. The highest BCUT2D eigenvalue weighted by atomic mass is 16.6. The summed E-state index contributed by atoms with van der Waals surface area (Å²) in [5.41, 5.74) is 0.0196. The summed E-state index contributed by atoms with van der Waals surface area (Å²) >= 11 is 0. The van der Waals surface area contributed by atoms with Crippen molar-refractivity contribution in [1.82, 2.24) is 0 Å². The van der Waals surface area contributed by atoms with E-state index in [1.165, 1.54) is 11.1 Å². The van der Waals surface area contributed by atoms with Crippen molar-refractivity contribution in [2.75, 3.05) is 0 Å². The topological polar surface area (TPSA) is 53.1 Å². The predicted octanol–water partition coefficient (Wildman–Crippen LogP) is 2.71. The van der Waals surface area contributed by atoms with Crippen molar-refractivity contribution >= 4 is 11.7 Å². The first-order valence-corrected chi connectivity index (χ1v) is 6.94. The van der Waals surface area contributed by atoms with Gasteiger partial charge in [-0.3, -0.25) is 4.68 Å². The SMILES string of the molecule is CC(C)(C)OC(=O)[C@]12CCCC3CC(=[N+]1[NH-])CC32. The van der Waals surface area contributed by atoms with Gasteiger partial charge in [-0.25, -0.2) is 4.79 Å². The van der Waals surface area contributed by atoms with Gasteiger partial charge in [-0.1, -0.05) is 0 Å². The Balaban J connectivity index is 1.96. The normalized spacial score (nSPS) is 38.2. The Morgan fingerprint density at radius 3 is 2.78 bits per heavy atom. The average molecular weight is 250 g/mol. The van der Waals surface area contributed by atoms with Crippen LogP contribution in [0.2, 0.25) is 0 Å². The zero-order valence-electron chi connectivity index (χ0n) is 11.5. The number of hydrogen-bond donors (Lipinski definition) is 0. The number of nitrogens with zero attached hydrogens (tertiary/aromatic N) is 1. The smallest absolute Gasteiger partial charge is 0.379 e. The van der Waals surface area contributed by atoms with Crippen LogP contribution >= 0.6 is 0 Å². The Morgan fingerprint density at radius 2 is 2.17 bits per heavy atom. The largest absolute Gasteiger partial charge is 0.455 e. The molecule has 2 fully saturated rings. The first-order valence-electron chi connectivity index (χ1n) is 6.94. The zero-order chi connectivity index (χ0) is 13.1. The van der Waals surface area contributed by atoms with E-state index < -0.39 is 11.1 Å². The van der Waals surface area contributed by atoms with Crippen LogP contribution in [0, 0.1) is 11.8 Å². The van der Waals surface area contributed by atoms with Crippen molar-refractivity contribution in [3.63, 3.8) is 0 Å². The summed E-state index contributed by atoms with van der Waals surface area (Å²) in [6.07, 6.45) is 5.01. The van der Waals surface area contributed by atoms with Crippen LogP contribution in [-0.2, 0) is 9.53 Å². The van der Waals surface area contributed by atoms with Crippen LogP contribution in [0.15, 0.2) is 0 Å². The summed E-state index contributed by atoms with van der Waals surface area (Å²) in [5.74, 6) is 9.05. The molecule has 3 aliphatic rings. The highest BCUT2D eigenvalue weighted by Crippen LogP contribution is 2.53. The lowest BCUT2D eigenvalue weighted by atomic mass is 9.68. The number of nitrogens with one attached hydrogen (secondary N) is 1. The maximum absolute atomic E-state index is 12.6. The highest BCUT2D eigenvalue weighted by Gasteiger charge is 2.67. The molecule has 4 nitrogen and oxygen atoms in total. The van der Waals surface area contributed by atoms with Crippen LogP contribution in [-0.4, -0.2) is 27.5 Å². The van der Waals surface area contributed by atoms with Gasteiger partial charge >= 0.3 is 5.97 Å². The molecule has 0 spiro atoms. The molecule has 2 bridgehead atoms. The van der Waals surface area contributed by atoms with Gasteiger partial charge in [0.25, 0.3) is 5.54 Å². The molecule has 0 aromatic heterocycles. The Hall–Kier alpha value is -1.06. The van der Waals surface area contributed by atoms with Gasteiger partial charge in [-0.05, 0) is 39.5 Å². The van der Waals surface area contributed by atoms with Gasteiger partial charge in [0, 0.05) is 25.2 Å². The molecule has 1 aliphatic heterocycles. The van der Waals surface area contributed by atoms with Gasteiger partial charge in [-0.2, -0.15) is 0 Å². The molecule has 0 aromatic rings. The summed E-state index contributed by atoms with van der Waals surface area (Å²) in [5, 5.41) is 0. The zero-order valence-corrected chi connectivity index (χ0v) is 11.5. The summed E-state index contributed by atoms with van der Waals surface area (Å²) < 4.78 is 7.12. The molecule has 4 heteroatoms. The van der Waals surface area contributed by atoms with E-state index in [2.05, 4.69) is 0 Å². The lowest BCUT2D eigenvalue weighted by molar-refractivity contribution is -0.548. The minimum absolute atomic E-state index is 0.172. The van der Waals surface area contributed by atoms with Crippen molar-refractivity contribution < 1.29 is 14.2 Å². The quantitative estimate of drug-likeness (QED) is 0.530. The van der Waals surface area contributed by atoms with Crippen LogP contribution in [0.25, 0.3) is 5.84 Å². The van der Waals surface area contributed by atoms with Crippen molar-refractivity contribution in [2.45, 2.75) is 64.0 Å². The van der Waals surface area contributed by atoms with E-state index in [0.29, 0.717) is 11.8 Å². The van der Waals surface area contributed by atoms with Gasteiger partial charge < -0.3 is 10.6 Å². The standard InChI is InChI=1S/C14H22N2O2/c1-13(2,3)18-12(17)14-6-4-5-9-7-10(16(14)15)8-11(9)14/h9,11,15H,4-8H2,1-3H3/t9?,11?,14-/m1/s1. The number of carbonyl (C=O) groups is 1. The van der Waals surface area contributed by atoms with Gasteiger partial charge in [0.05, 0.1) is 0 Å². The Bertz CT molecular complexity index is 436. The number of hydrogen-bond acceptors (Lipinski definition) is 2. The second kappa shape index (κ2) is 3.49. The predicted molar refractivity (Wildman–Crippen MR) is 68.2 cm³/mol. The number of fused-ring (bicyclic) bond motifs is 1. The molecule has 18 heavy (non-hydrogen) atoms. The van der Waals surface area contributed by atoms with E-state index in [9.17, 15) is 4.79 Å². The van der Waals surface area contributed by atoms with E-state index in [4.69, 9.17) is 10.6 Å². The fourth-order valence-corrected chi connectivity index (χ4v) is 4.08. The Morgan fingerprint density at radius 1 is 1.44 bits per heavy atom. The maximum atomic E-state index is 12.6. The minimum Gasteiger partial charge on any atom is -0.455 e. The fraction of sp³-hybridized carbons (Fsp3) is 0.857. The Kier molecular flexibility index (Phi) is 2.32. The molecule has 3 atom stereocenters. The summed E-state index contributed by atoms with van der Waals surface area (Å²) in [6, 6.07) is 0. The van der Waals surface area contributed by atoms with Crippen molar-refractivity contribution in [3.05, 3.63) is 5.84 Å². The van der Waals surface area contributed by atoms with Crippen LogP contribution in [0.3, 0.4) is 0 Å². The van der Waals surface area contributed by atoms with Gasteiger partial charge in [0.2, 0.25) is 0 Å². The molecular formula is C14H22N2O2. The summed E-state index contributed by atoms with van der Waals surface area (Å²) in [7, 11) is 0. The van der Waals surface area contributed by atoms with Crippen molar-refractivity contribution in [1.29, 1.82) is 0 Å². The highest BCUT2D eigenvalue weighted by molar-refractivity contribution is 5.91. The second-order valence-corrected chi connectivity index (χ2v) is 6.99. The molecule has 1 heterocycles. The third-order valence-corrected chi connectivity index (χ3v) is 4.74. The van der Waals surface area contributed by atoms with Gasteiger partial charge in [-0.15, -0.1) is 0 Å². The molecule has 3 rings (SSSR count). The van der Waals surface area contributed by atoms with Crippen LogP contribution in [0.4, 0.5) is 0 Å². The van der Waals surface area contributed by atoms with Crippen LogP contribution in [0.1, 0.15) is 52.9 Å². The fourth-order valence-electron chi connectivity index (χ4n) is 4.08. The lowest BCUT2D eigenvalue weighted by Gasteiger charge is -2.41. The third-order valence-electron chi connectivity index (χ3n) is 4.74. The van der Waals surface area contributed by atoms with E-state index >= 15 is 0 Å². The van der Waals surface area contributed by atoms with E-state index in [0.717, 1.165) is 31.4 Å². The molecule has 0 aromatic carbocycles. The molecule has 100 valence electrons. The van der Waals surface area contributed by atoms with Crippen LogP contribution < -0.4 is 0 Å². The number of rotatable bonds is 1. The van der Waals surface area contributed by atoms with Gasteiger partial charge in [0.15, 0.2) is 0 Å². The third kappa shape index (κ3) is 1.44. The Labute approximate surface area is 108 Å². The first-order chi connectivity index (χ1) is 8.34. The van der Waals surface area contributed by atoms with Gasteiger partial charge in [0.1, 0.15) is 11.3 Å². The minimum atomic E-state index is -0.663. The molecule has 1 N–H and O–H groups in total. The van der Waals surface area contributed by atoms with E-state index in [-0.39, 0.29) is 5.97 Å². The summed E-state index contributed by atoms with van der Waals surface area (Å²) in [6.45, 7) is 5.70. The molecule has 2 saturated carbocycles. The molecule has 2 unspecified atom stereocenters. The lowest BCUT2D eigenvalue weighted by Crippen LogP contribution is -2.57.